The number of carbonyl (C=O) groups excluding carboxylic acids is 2. The minimum atomic E-state index is -1.40. The van der Waals surface area contributed by atoms with Crippen molar-refractivity contribution < 1.29 is 29.3 Å². The first-order valence-electron chi connectivity index (χ1n) is 11.1. The zero-order valence-electron chi connectivity index (χ0n) is 19.0. The van der Waals surface area contributed by atoms with Crippen molar-refractivity contribution in [2.75, 3.05) is 19.8 Å². The van der Waals surface area contributed by atoms with Gasteiger partial charge in [0.1, 0.15) is 12.3 Å². The van der Waals surface area contributed by atoms with Crippen LogP contribution in [-0.4, -0.2) is 59.0 Å². The standard InChI is InChI=1S/C25H25N3O6S/c1-14-22(23(30)27-20(12-29)24(31)32)28-21(35-14)10-11-26-25(33)34-13-19-17-8-4-2-6-15(17)16-7-3-5-9-18(16)19/h2-9,19-20,29H,10-13H2,1H3,(H,26,33)(H,27,30)(H,31,32). The number of thiazole rings is 1. The number of fused-ring (bicyclic) bond motifs is 3. The summed E-state index contributed by atoms with van der Waals surface area (Å²) in [6.45, 7) is 1.46. The molecule has 2 amide bonds. The predicted molar refractivity (Wildman–Crippen MR) is 130 cm³/mol. The van der Waals surface area contributed by atoms with Gasteiger partial charge in [-0.05, 0) is 29.2 Å². The molecule has 182 valence electrons. The van der Waals surface area contributed by atoms with Gasteiger partial charge in [-0.1, -0.05) is 48.5 Å². The largest absolute Gasteiger partial charge is 0.480 e. The number of nitrogens with one attached hydrogen (secondary N) is 2. The topological polar surface area (TPSA) is 138 Å². The first-order valence-corrected chi connectivity index (χ1v) is 11.9. The van der Waals surface area contributed by atoms with E-state index in [0.29, 0.717) is 16.3 Å². The lowest BCUT2D eigenvalue weighted by Crippen LogP contribution is -2.43. The highest BCUT2D eigenvalue weighted by atomic mass is 32.1. The predicted octanol–water partition coefficient (Wildman–Crippen LogP) is 2.71. The number of aliphatic carboxylic acids is 1. The second-order valence-electron chi connectivity index (χ2n) is 8.06. The number of alkyl carbamates (subject to hydrolysis) is 1. The molecule has 0 fully saturated rings. The Balaban J connectivity index is 1.29. The highest BCUT2D eigenvalue weighted by Gasteiger charge is 2.29. The Bertz CT molecular complexity index is 1210. The Morgan fingerprint density at radius 1 is 1.09 bits per heavy atom. The Morgan fingerprint density at radius 2 is 1.71 bits per heavy atom. The normalized spacial score (nSPS) is 13.0. The highest BCUT2D eigenvalue weighted by molar-refractivity contribution is 7.11. The molecule has 1 aliphatic rings. The van der Waals surface area contributed by atoms with Gasteiger partial charge in [-0.3, -0.25) is 4.79 Å². The molecule has 1 heterocycles. The van der Waals surface area contributed by atoms with Gasteiger partial charge in [-0.2, -0.15) is 0 Å². The average molecular weight is 496 g/mol. The zero-order chi connectivity index (χ0) is 24.9. The van der Waals surface area contributed by atoms with Gasteiger partial charge in [-0.25, -0.2) is 14.6 Å². The van der Waals surface area contributed by atoms with Crippen LogP contribution in [0.25, 0.3) is 11.1 Å². The van der Waals surface area contributed by atoms with Gasteiger partial charge < -0.3 is 25.6 Å². The smallest absolute Gasteiger partial charge is 0.407 e. The van der Waals surface area contributed by atoms with Crippen molar-refractivity contribution in [3.05, 3.63) is 75.2 Å². The molecule has 0 radical (unpaired) electrons. The number of hydrogen-bond donors (Lipinski definition) is 4. The van der Waals surface area contributed by atoms with Crippen molar-refractivity contribution in [3.8, 4) is 11.1 Å². The molecule has 1 atom stereocenters. The molecule has 10 heteroatoms. The molecule has 4 rings (SSSR count). The van der Waals surface area contributed by atoms with E-state index in [1.807, 2.05) is 24.3 Å². The molecule has 0 saturated carbocycles. The second kappa shape index (κ2) is 10.7. The number of carboxylic acids is 1. The number of aliphatic hydroxyl groups excluding tert-OH is 1. The van der Waals surface area contributed by atoms with Crippen LogP contribution in [0.5, 0.6) is 0 Å². The molecule has 0 aliphatic heterocycles. The molecule has 4 N–H and O–H groups in total. The van der Waals surface area contributed by atoms with E-state index in [-0.39, 0.29) is 24.8 Å². The fraction of sp³-hybridized carbons (Fsp3) is 0.280. The summed E-state index contributed by atoms with van der Waals surface area (Å²) in [5.74, 6) is -2.03. The Labute approximate surface area is 205 Å². The van der Waals surface area contributed by atoms with Crippen molar-refractivity contribution in [2.24, 2.45) is 0 Å². The maximum Gasteiger partial charge on any atom is 0.407 e. The number of benzene rings is 2. The molecule has 1 unspecified atom stereocenters. The molecular formula is C25H25N3O6S. The summed E-state index contributed by atoms with van der Waals surface area (Å²) in [5.41, 5.74) is 4.69. The molecule has 2 aromatic carbocycles. The number of nitrogens with zero attached hydrogens (tertiary/aromatic N) is 1. The minimum Gasteiger partial charge on any atom is -0.480 e. The van der Waals surface area contributed by atoms with Crippen molar-refractivity contribution in [1.82, 2.24) is 15.6 Å². The summed E-state index contributed by atoms with van der Waals surface area (Å²) in [5, 5.41) is 23.6. The quantitative estimate of drug-likeness (QED) is 0.358. The number of aliphatic hydroxyl groups is 1. The molecular weight excluding hydrogens is 470 g/mol. The third-order valence-corrected chi connectivity index (χ3v) is 6.82. The van der Waals surface area contributed by atoms with Crippen LogP contribution >= 0.6 is 11.3 Å². The molecule has 0 bridgehead atoms. The fourth-order valence-corrected chi connectivity index (χ4v) is 5.03. The van der Waals surface area contributed by atoms with Crippen LogP contribution in [0.4, 0.5) is 4.79 Å². The number of carboxylic acid groups (broad SMARTS) is 1. The third-order valence-electron chi connectivity index (χ3n) is 5.79. The molecule has 0 spiro atoms. The van der Waals surface area contributed by atoms with E-state index in [1.165, 1.54) is 11.3 Å². The molecule has 3 aromatic rings. The lowest BCUT2D eigenvalue weighted by atomic mass is 9.98. The van der Waals surface area contributed by atoms with Crippen LogP contribution in [0.3, 0.4) is 0 Å². The van der Waals surface area contributed by atoms with Crippen molar-refractivity contribution in [2.45, 2.75) is 25.3 Å². The van der Waals surface area contributed by atoms with Crippen molar-refractivity contribution in [3.63, 3.8) is 0 Å². The molecule has 0 saturated heterocycles. The first kappa shape index (κ1) is 24.4. The molecule has 1 aromatic heterocycles. The maximum absolute atomic E-state index is 12.3. The summed E-state index contributed by atoms with van der Waals surface area (Å²) in [4.78, 5) is 40.5. The second-order valence-corrected chi connectivity index (χ2v) is 9.35. The van der Waals surface area contributed by atoms with Gasteiger partial charge >= 0.3 is 12.1 Å². The summed E-state index contributed by atoms with van der Waals surface area (Å²) < 4.78 is 5.51. The van der Waals surface area contributed by atoms with Crippen molar-refractivity contribution >= 4 is 29.3 Å². The number of aromatic nitrogens is 1. The fourth-order valence-electron chi connectivity index (χ4n) is 4.10. The number of hydrogen-bond acceptors (Lipinski definition) is 7. The number of rotatable bonds is 9. The summed E-state index contributed by atoms with van der Waals surface area (Å²) in [6.07, 6.45) is -0.156. The SMILES string of the molecule is Cc1sc(CCNC(=O)OCC2c3ccccc3-c3ccccc32)nc1C(=O)NC(CO)C(=O)O. The summed E-state index contributed by atoms with van der Waals surface area (Å²) in [6, 6.07) is 14.8. The third kappa shape index (κ3) is 5.33. The minimum absolute atomic E-state index is 0.0237. The lowest BCUT2D eigenvalue weighted by Gasteiger charge is -2.14. The highest BCUT2D eigenvalue weighted by Crippen LogP contribution is 2.44. The molecule has 35 heavy (non-hydrogen) atoms. The van der Waals surface area contributed by atoms with E-state index in [4.69, 9.17) is 14.9 Å². The van der Waals surface area contributed by atoms with Crippen molar-refractivity contribution in [1.29, 1.82) is 0 Å². The Morgan fingerprint density at radius 3 is 2.31 bits per heavy atom. The van der Waals surface area contributed by atoms with E-state index >= 15 is 0 Å². The first-order chi connectivity index (χ1) is 16.9. The van der Waals surface area contributed by atoms with Gasteiger partial charge in [0, 0.05) is 23.8 Å². The van der Waals surface area contributed by atoms with Gasteiger partial charge in [0.25, 0.3) is 5.91 Å². The van der Waals surface area contributed by atoms with Crippen LogP contribution in [0.15, 0.2) is 48.5 Å². The number of aryl methyl sites for hydroxylation is 1. The van der Waals surface area contributed by atoms with Crippen LogP contribution in [0, 0.1) is 6.92 Å². The number of carbonyl (C=O) groups is 3. The number of amides is 2. The van der Waals surface area contributed by atoms with Crippen LogP contribution in [0.2, 0.25) is 0 Å². The van der Waals surface area contributed by atoms with E-state index in [9.17, 15) is 14.4 Å². The summed E-state index contributed by atoms with van der Waals surface area (Å²) >= 11 is 1.28. The number of ether oxygens (including phenoxy) is 1. The maximum atomic E-state index is 12.3. The van der Waals surface area contributed by atoms with E-state index in [2.05, 4.69) is 39.9 Å². The average Bonchev–Trinajstić information content (AvgIpc) is 3.38. The van der Waals surface area contributed by atoms with E-state index in [1.54, 1.807) is 6.92 Å². The van der Waals surface area contributed by atoms with Gasteiger partial charge in [0.05, 0.1) is 11.6 Å². The Kier molecular flexibility index (Phi) is 7.42. The monoisotopic (exact) mass is 495 g/mol. The van der Waals surface area contributed by atoms with Gasteiger partial charge in [-0.15, -0.1) is 11.3 Å². The van der Waals surface area contributed by atoms with Gasteiger partial charge in [0.15, 0.2) is 6.04 Å². The van der Waals surface area contributed by atoms with Crippen LogP contribution in [0.1, 0.15) is 37.4 Å². The molecule has 9 nitrogen and oxygen atoms in total. The van der Waals surface area contributed by atoms with E-state index in [0.717, 1.165) is 22.3 Å². The summed E-state index contributed by atoms with van der Waals surface area (Å²) in [7, 11) is 0. The molecule has 1 aliphatic carbocycles. The van der Waals surface area contributed by atoms with Crippen LogP contribution < -0.4 is 10.6 Å². The van der Waals surface area contributed by atoms with Gasteiger partial charge in [0.2, 0.25) is 0 Å². The van der Waals surface area contributed by atoms with Crippen LogP contribution in [-0.2, 0) is 16.0 Å². The lowest BCUT2D eigenvalue weighted by molar-refractivity contribution is -0.140. The Hall–Kier alpha value is -3.76. The zero-order valence-corrected chi connectivity index (χ0v) is 19.8. The van der Waals surface area contributed by atoms with E-state index < -0.39 is 30.6 Å².